The maximum Gasteiger partial charge on any atom is 0.234 e. The molecule has 21 heavy (non-hydrogen) atoms. The second-order valence-electron chi connectivity index (χ2n) is 4.36. The molecule has 0 aromatic heterocycles. The predicted molar refractivity (Wildman–Crippen MR) is 79.5 cm³/mol. The molecule has 0 saturated carbocycles. The van der Waals surface area contributed by atoms with Crippen molar-refractivity contribution in [1.29, 1.82) is 0 Å². The van der Waals surface area contributed by atoms with Crippen LogP contribution >= 0.6 is 12.4 Å². The first-order chi connectivity index (χ1) is 9.58. The van der Waals surface area contributed by atoms with Crippen LogP contribution < -0.4 is 10.6 Å². The number of carbonyl (C=O) groups is 1. The number of carbonyl (C=O) groups excluding carboxylic acids is 1. The Hall–Kier alpha value is -1.24. The molecule has 0 aliphatic rings. The number of nitrogens with one attached hydrogen (secondary N) is 2. The smallest absolute Gasteiger partial charge is 0.234 e. The summed E-state index contributed by atoms with van der Waals surface area (Å²) in [5, 5.41) is 5.57. The Morgan fingerprint density at radius 3 is 2.71 bits per heavy atom. The Balaban J connectivity index is 0.00000400. The van der Waals surface area contributed by atoms with Gasteiger partial charge in [0.15, 0.2) is 0 Å². The van der Waals surface area contributed by atoms with Gasteiger partial charge in [0.1, 0.15) is 11.6 Å². The van der Waals surface area contributed by atoms with Crippen molar-refractivity contribution in [2.45, 2.75) is 19.4 Å². The highest BCUT2D eigenvalue weighted by atomic mass is 35.5. The minimum Gasteiger partial charge on any atom is -0.383 e. The molecule has 7 heteroatoms. The van der Waals surface area contributed by atoms with Crippen LogP contribution in [0.5, 0.6) is 0 Å². The maximum absolute atomic E-state index is 13.7. The number of ether oxygens (including phenoxy) is 1. The van der Waals surface area contributed by atoms with Crippen molar-refractivity contribution in [3.63, 3.8) is 0 Å². The van der Waals surface area contributed by atoms with E-state index in [1.807, 2.05) is 0 Å². The van der Waals surface area contributed by atoms with Crippen LogP contribution in [-0.2, 0) is 9.53 Å². The van der Waals surface area contributed by atoms with Gasteiger partial charge < -0.3 is 15.4 Å². The van der Waals surface area contributed by atoms with Gasteiger partial charge in [-0.25, -0.2) is 8.78 Å². The Kier molecular flexibility index (Phi) is 9.86. The largest absolute Gasteiger partial charge is 0.383 e. The highest BCUT2D eigenvalue weighted by Gasteiger charge is 2.17. The Bertz CT molecular complexity index is 447. The summed E-state index contributed by atoms with van der Waals surface area (Å²) in [6.45, 7) is 2.96. The Morgan fingerprint density at radius 1 is 1.38 bits per heavy atom. The molecule has 4 nitrogen and oxygen atoms in total. The standard InChI is InChI=1S/C14H20F2N2O2.ClH/c1-3-13(11-8-10(15)4-5-12(11)16)18-14(19)9-17-6-7-20-2;/h4-5,8,13,17H,3,6-7,9H2,1-2H3,(H,18,19);1H. The van der Waals surface area contributed by atoms with Gasteiger partial charge in [0.2, 0.25) is 5.91 Å². The van der Waals surface area contributed by atoms with Crippen LogP contribution in [0.1, 0.15) is 24.9 Å². The second-order valence-corrected chi connectivity index (χ2v) is 4.36. The average Bonchev–Trinajstić information content (AvgIpc) is 2.44. The zero-order valence-electron chi connectivity index (χ0n) is 12.1. The van der Waals surface area contributed by atoms with Crippen molar-refractivity contribution in [2.75, 3.05) is 26.8 Å². The molecule has 0 saturated heterocycles. The molecule has 0 heterocycles. The molecule has 1 rings (SSSR count). The molecule has 0 aliphatic heterocycles. The quantitative estimate of drug-likeness (QED) is 0.721. The first-order valence-corrected chi connectivity index (χ1v) is 6.52. The summed E-state index contributed by atoms with van der Waals surface area (Å²) in [6, 6.07) is 2.69. The van der Waals surface area contributed by atoms with Crippen LogP contribution in [-0.4, -0.2) is 32.7 Å². The zero-order chi connectivity index (χ0) is 15.0. The molecule has 0 radical (unpaired) electrons. The summed E-state index contributed by atoms with van der Waals surface area (Å²) >= 11 is 0. The molecular weight excluding hydrogens is 302 g/mol. The number of rotatable bonds is 8. The van der Waals surface area contributed by atoms with Crippen molar-refractivity contribution >= 4 is 18.3 Å². The fourth-order valence-corrected chi connectivity index (χ4v) is 1.80. The van der Waals surface area contributed by atoms with Gasteiger partial charge in [0.25, 0.3) is 0 Å². The monoisotopic (exact) mass is 322 g/mol. The van der Waals surface area contributed by atoms with Gasteiger partial charge in [-0.15, -0.1) is 12.4 Å². The van der Waals surface area contributed by atoms with Gasteiger partial charge in [-0.2, -0.15) is 0 Å². The number of benzene rings is 1. The van der Waals surface area contributed by atoms with Crippen molar-refractivity contribution in [1.82, 2.24) is 10.6 Å². The summed E-state index contributed by atoms with van der Waals surface area (Å²) < 4.78 is 31.7. The first kappa shape index (κ1) is 19.8. The lowest BCUT2D eigenvalue weighted by Crippen LogP contribution is -2.37. The molecule has 0 spiro atoms. The third-order valence-corrected chi connectivity index (χ3v) is 2.85. The SMILES string of the molecule is CCC(NC(=O)CNCCOC)c1cc(F)ccc1F.Cl. The van der Waals surface area contributed by atoms with Crippen LogP contribution in [0.15, 0.2) is 18.2 Å². The van der Waals surface area contributed by atoms with Crippen LogP contribution in [0.2, 0.25) is 0 Å². The summed E-state index contributed by atoms with van der Waals surface area (Å²) in [5.41, 5.74) is 0.165. The molecule has 0 aliphatic carbocycles. The molecule has 1 atom stereocenters. The van der Waals surface area contributed by atoms with Crippen molar-refractivity contribution in [2.24, 2.45) is 0 Å². The van der Waals surface area contributed by atoms with Crippen LogP contribution in [0, 0.1) is 11.6 Å². The van der Waals surface area contributed by atoms with Crippen molar-refractivity contribution < 1.29 is 18.3 Å². The van der Waals surface area contributed by atoms with E-state index < -0.39 is 17.7 Å². The van der Waals surface area contributed by atoms with Crippen LogP contribution in [0.25, 0.3) is 0 Å². The minimum atomic E-state index is -0.539. The third-order valence-electron chi connectivity index (χ3n) is 2.85. The van der Waals surface area contributed by atoms with Crippen molar-refractivity contribution in [3.8, 4) is 0 Å². The van der Waals surface area contributed by atoms with Gasteiger partial charge >= 0.3 is 0 Å². The predicted octanol–water partition coefficient (Wildman–Crippen LogP) is 2.19. The molecule has 0 bridgehead atoms. The number of halogens is 3. The molecule has 0 fully saturated rings. The average molecular weight is 323 g/mol. The highest BCUT2D eigenvalue weighted by molar-refractivity contribution is 5.85. The molecule has 120 valence electrons. The lowest BCUT2D eigenvalue weighted by molar-refractivity contribution is -0.121. The Labute approximate surface area is 129 Å². The van der Waals surface area contributed by atoms with E-state index in [-0.39, 0.29) is 30.4 Å². The van der Waals surface area contributed by atoms with Gasteiger partial charge in [0, 0.05) is 19.2 Å². The summed E-state index contributed by atoms with van der Waals surface area (Å²) in [4.78, 5) is 11.7. The van der Waals surface area contributed by atoms with E-state index in [2.05, 4.69) is 10.6 Å². The summed E-state index contributed by atoms with van der Waals surface area (Å²) in [5.74, 6) is -1.31. The van der Waals surface area contributed by atoms with E-state index in [0.29, 0.717) is 19.6 Å². The minimum absolute atomic E-state index is 0. The maximum atomic E-state index is 13.7. The second kappa shape index (κ2) is 10.5. The fourth-order valence-electron chi connectivity index (χ4n) is 1.80. The topological polar surface area (TPSA) is 50.4 Å². The number of hydrogen-bond donors (Lipinski definition) is 2. The van der Waals surface area contributed by atoms with E-state index in [0.717, 1.165) is 18.2 Å². The van der Waals surface area contributed by atoms with Gasteiger partial charge in [0.05, 0.1) is 19.2 Å². The molecule has 1 amide bonds. The van der Waals surface area contributed by atoms with E-state index in [1.54, 1.807) is 14.0 Å². The van der Waals surface area contributed by atoms with Gasteiger partial charge in [-0.1, -0.05) is 6.92 Å². The van der Waals surface area contributed by atoms with Crippen LogP contribution in [0.3, 0.4) is 0 Å². The van der Waals surface area contributed by atoms with E-state index >= 15 is 0 Å². The fraction of sp³-hybridized carbons (Fsp3) is 0.500. The lowest BCUT2D eigenvalue weighted by Gasteiger charge is -2.18. The molecule has 2 N–H and O–H groups in total. The third kappa shape index (κ3) is 6.84. The lowest BCUT2D eigenvalue weighted by atomic mass is 10.0. The van der Waals surface area contributed by atoms with E-state index in [9.17, 15) is 13.6 Å². The zero-order valence-corrected chi connectivity index (χ0v) is 12.9. The van der Waals surface area contributed by atoms with E-state index in [1.165, 1.54) is 0 Å². The van der Waals surface area contributed by atoms with E-state index in [4.69, 9.17) is 4.74 Å². The summed E-state index contributed by atoms with van der Waals surface area (Å²) in [6.07, 6.45) is 0.476. The van der Waals surface area contributed by atoms with Crippen LogP contribution in [0.4, 0.5) is 8.78 Å². The molecule has 1 aromatic rings. The molecule has 1 aromatic carbocycles. The number of amides is 1. The Morgan fingerprint density at radius 2 is 2.10 bits per heavy atom. The first-order valence-electron chi connectivity index (χ1n) is 6.52. The number of methoxy groups -OCH3 is 1. The van der Waals surface area contributed by atoms with Gasteiger partial charge in [-0.3, -0.25) is 4.79 Å². The molecular formula is C14H21ClF2N2O2. The number of hydrogen-bond acceptors (Lipinski definition) is 3. The summed E-state index contributed by atoms with van der Waals surface area (Å²) in [7, 11) is 1.57. The van der Waals surface area contributed by atoms with Crippen molar-refractivity contribution in [3.05, 3.63) is 35.4 Å². The van der Waals surface area contributed by atoms with Gasteiger partial charge in [-0.05, 0) is 24.6 Å². The normalized spacial score (nSPS) is 11.6. The highest BCUT2D eigenvalue weighted by Crippen LogP contribution is 2.20. The molecule has 1 unspecified atom stereocenters.